The van der Waals surface area contributed by atoms with Gasteiger partial charge in [0.2, 0.25) is 0 Å². The molecule has 94 valence electrons. The standard InChI is InChI=1S/C12H23NO2S/c1-3-5-6-12(13-8-4-2)11-7-9-16(14,15)10-11/h3,11-13H,1,4-10H2,2H3. The van der Waals surface area contributed by atoms with Crippen molar-refractivity contribution in [1.82, 2.24) is 5.32 Å². The molecule has 2 unspecified atom stereocenters. The van der Waals surface area contributed by atoms with E-state index in [1.165, 1.54) is 0 Å². The van der Waals surface area contributed by atoms with Crippen LogP contribution in [0, 0.1) is 5.92 Å². The molecule has 3 nitrogen and oxygen atoms in total. The molecule has 1 saturated heterocycles. The van der Waals surface area contributed by atoms with Crippen LogP contribution in [0.3, 0.4) is 0 Å². The average Bonchev–Trinajstić information content (AvgIpc) is 2.59. The summed E-state index contributed by atoms with van der Waals surface area (Å²) in [4.78, 5) is 0. The Morgan fingerprint density at radius 2 is 2.31 bits per heavy atom. The van der Waals surface area contributed by atoms with E-state index < -0.39 is 9.84 Å². The van der Waals surface area contributed by atoms with Crippen LogP contribution >= 0.6 is 0 Å². The summed E-state index contributed by atoms with van der Waals surface area (Å²) in [5.74, 6) is 1.04. The van der Waals surface area contributed by atoms with Crippen molar-refractivity contribution >= 4 is 9.84 Å². The Labute approximate surface area is 99.2 Å². The van der Waals surface area contributed by atoms with Gasteiger partial charge in [-0.1, -0.05) is 13.0 Å². The molecule has 1 heterocycles. The largest absolute Gasteiger partial charge is 0.314 e. The van der Waals surface area contributed by atoms with E-state index in [2.05, 4.69) is 18.8 Å². The monoisotopic (exact) mass is 245 g/mol. The number of allylic oxidation sites excluding steroid dienone is 1. The van der Waals surface area contributed by atoms with Crippen molar-refractivity contribution in [1.29, 1.82) is 0 Å². The highest BCUT2D eigenvalue weighted by molar-refractivity contribution is 7.91. The Balaban J connectivity index is 2.51. The third kappa shape index (κ3) is 4.26. The maximum Gasteiger partial charge on any atom is 0.150 e. The van der Waals surface area contributed by atoms with Crippen LogP contribution in [-0.4, -0.2) is 32.5 Å². The van der Waals surface area contributed by atoms with E-state index in [1.807, 2.05) is 6.08 Å². The number of rotatable bonds is 7. The van der Waals surface area contributed by atoms with Crippen molar-refractivity contribution in [2.75, 3.05) is 18.1 Å². The topological polar surface area (TPSA) is 46.2 Å². The second-order valence-electron chi connectivity index (χ2n) is 4.59. The summed E-state index contributed by atoms with van der Waals surface area (Å²) in [7, 11) is -2.76. The second kappa shape index (κ2) is 6.40. The van der Waals surface area contributed by atoms with Gasteiger partial charge in [0.05, 0.1) is 11.5 Å². The van der Waals surface area contributed by atoms with Gasteiger partial charge in [0.25, 0.3) is 0 Å². The quantitative estimate of drug-likeness (QED) is 0.695. The number of hydrogen-bond acceptors (Lipinski definition) is 3. The molecular formula is C12H23NO2S. The molecule has 16 heavy (non-hydrogen) atoms. The Kier molecular flexibility index (Phi) is 5.49. The van der Waals surface area contributed by atoms with Crippen molar-refractivity contribution in [3.05, 3.63) is 12.7 Å². The maximum absolute atomic E-state index is 11.4. The Hall–Kier alpha value is -0.350. The first kappa shape index (κ1) is 13.7. The van der Waals surface area contributed by atoms with Gasteiger partial charge in [-0.15, -0.1) is 6.58 Å². The van der Waals surface area contributed by atoms with Gasteiger partial charge in [-0.25, -0.2) is 8.42 Å². The van der Waals surface area contributed by atoms with Gasteiger partial charge < -0.3 is 5.32 Å². The lowest BCUT2D eigenvalue weighted by Gasteiger charge is -2.23. The fourth-order valence-electron chi connectivity index (χ4n) is 2.27. The third-order valence-corrected chi connectivity index (χ3v) is 4.97. The summed E-state index contributed by atoms with van der Waals surface area (Å²) in [6.07, 6.45) is 5.77. The van der Waals surface area contributed by atoms with E-state index in [0.717, 1.165) is 32.2 Å². The highest BCUT2D eigenvalue weighted by Gasteiger charge is 2.32. The Morgan fingerprint density at radius 3 is 2.81 bits per heavy atom. The predicted octanol–water partition coefficient (Wildman–Crippen LogP) is 1.76. The van der Waals surface area contributed by atoms with Gasteiger partial charge in [-0.05, 0) is 38.1 Å². The lowest BCUT2D eigenvalue weighted by atomic mass is 9.95. The lowest BCUT2D eigenvalue weighted by Crippen LogP contribution is -2.37. The Morgan fingerprint density at radius 1 is 1.56 bits per heavy atom. The minimum atomic E-state index is -2.76. The molecule has 0 aromatic carbocycles. The number of nitrogens with one attached hydrogen (secondary N) is 1. The minimum Gasteiger partial charge on any atom is -0.314 e. The SMILES string of the molecule is C=CCCC(NCCC)C1CCS(=O)(=O)C1. The number of sulfone groups is 1. The second-order valence-corrected chi connectivity index (χ2v) is 6.82. The fourth-order valence-corrected chi connectivity index (χ4v) is 4.15. The third-order valence-electron chi connectivity index (χ3n) is 3.18. The molecule has 0 spiro atoms. The molecule has 1 N–H and O–H groups in total. The molecule has 0 amide bonds. The van der Waals surface area contributed by atoms with Crippen LogP contribution in [0.5, 0.6) is 0 Å². The van der Waals surface area contributed by atoms with E-state index in [1.54, 1.807) is 0 Å². The van der Waals surface area contributed by atoms with Gasteiger partial charge in [0.1, 0.15) is 0 Å². The zero-order valence-corrected chi connectivity index (χ0v) is 10.9. The van der Waals surface area contributed by atoms with Crippen molar-refractivity contribution < 1.29 is 8.42 Å². The van der Waals surface area contributed by atoms with Crippen LogP contribution in [0.15, 0.2) is 12.7 Å². The molecule has 0 saturated carbocycles. The predicted molar refractivity (Wildman–Crippen MR) is 68.3 cm³/mol. The summed E-state index contributed by atoms with van der Waals surface area (Å²) >= 11 is 0. The van der Waals surface area contributed by atoms with Crippen LogP contribution in [-0.2, 0) is 9.84 Å². The lowest BCUT2D eigenvalue weighted by molar-refractivity contribution is 0.364. The van der Waals surface area contributed by atoms with Crippen LogP contribution in [0.2, 0.25) is 0 Å². The van der Waals surface area contributed by atoms with E-state index in [0.29, 0.717) is 23.5 Å². The molecule has 2 atom stereocenters. The van der Waals surface area contributed by atoms with Crippen LogP contribution in [0.4, 0.5) is 0 Å². The van der Waals surface area contributed by atoms with E-state index in [-0.39, 0.29) is 0 Å². The molecule has 0 aromatic rings. The fraction of sp³-hybridized carbons (Fsp3) is 0.833. The van der Waals surface area contributed by atoms with Crippen LogP contribution in [0.1, 0.15) is 32.6 Å². The highest BCUT2D eigenvalue weighted by Crippen LogP contribution is 2.24. The maximum atomic E-state index is 11.4. The first-order chi connectivity index (χ1) is 7.59. The van der Waals surface area contributed by atoms with Crippen LogP contribution < -0.4 is 5.32 Å². The summed E-state index contributed by atoms with van der Waals surface area (Å²) in [5, 5.41) is 3.47. The molecule has 0 bridgehead atoms. The molecule has 1 aliphatic heterocycles. The average molecular weight is 245 g/mol. The smallest absolute Gasteiger partial charge is 0.150 e. The first-order valence-electron chi connectivity index (χ1n) is 6.13. The molecular weight excluding hydrogens is 222 g/mol. The summed E-state index contributed by atoms with van der Waals surface area (Å²) in [6, 6.07) is 0.343. The van der Waals surface area contributed by atoms with Gasteiger partial charge in [-0.2, -0.15) is 0 Å². The number of hydrogen-bond donors (Lipinski definition) is 1. The summed E-state index contributed by atoms with van der Waals surface area (Å²) in [5.41, 5.74) is 0. The van der Waals surface area contributed by atoms with E-state index in [4.69, 9.17) is 0 Å². The van der Waals surface area contributed by atoms with Crippen LogP contribution in [0.25, 0.3) is 0 Å². The van der Waals surface area contributed by atoms with Crippen molar-refractivity contribution in [3.8, 4) is 0 Å². The van der Waals surface area contributed by atoms with Gasteiger partial charge in [-0.3, -0.25) is 0 Å². The van der Waals surface area contributed by atoms with Crippen molar-refractivity contribution in [2.45, 2.75) is 38.6 Å². The first-order valence-corrected chi connectivity index (χ1v) is 7.96. The zero-order chi connectivity index (χ0) is 12.0. The molecule has 4 heteroatoms. The van der Waals surface area contributed by atoms with E-state index in [9.17, 15) is 8.42 Å². The van der Waals surface area contributed by atoms with Gasteiger partial charge >= 0.3 is 0 Å². The van der Waals surface area contributed by atoms with Crippen molar-refractivity contribution in [2.24, 2.45) is 5.92 Å². The molecule has 0 aromatic heterocycles. The minimum absolute atomic E-state index is 0.302. The van der Waals surface area contributed by atoms with E-state index >= 15 is 0 Å². The molecule has 1 fully saturated rings. The molecule has 0 radical (unpaired) electrons. The van der Waals surface area contributed by atoms with Crippen molar-refractivity contribution in [3.63, 3.8) is 0 Å². The highest BCUT2D eigenvalue weighted by atomic mass is 32.2. The van der Waals surface area contributed by atoms with Gasteiger partial charge in [0.15, 0.2) is 9.84 Å². The zero-order valence-electron chi connectivity index (χ0n) is 10.1. The summed E-state index contributed by atoms with van der Waals surface area (Å²) < 4.78 is 22.9. The molecule has 1 rings (SSSR count). The normalized spacial score (nSPS) is 25.4. The molecule has 1 aliphatic rings. The van der Waals surface area contributed by atoms with Gasteiger partial charge in [0, 0.05) is 6.04 Å². The molecule has 0 aliphatic carbocycles. The Bertz CT molecular complexity index is 311. The summed E-state index contributed by atoms with van der Waals surface area (Å²) in [6.45, 7) is 6.82.